The Kier molecular flexibility index (Phi) is 5.76. The lowest BCUT2D eigenvalue weighted by Crippen LogP contribution is -2.14. The minimum atomic E-state index is -3.64. The van der Waals surface area contributed by atoms with Crippen molar-refractivity contribution in [1.82, 2.24) is 4.98 Å². The van der Waals surface area contributed by atoms with E-state index >= 15 is 0 Å². The van der Waals surface area contributed by atoms with Crippen molar-refractivity contribution in [1.29, 1.82) is 0 Å². The largest absolute Gasteiger partial charge is 0.380 e. The van der Waals surface area contributed by atoms with Gasteiger partial charge in [0, 0.05) is 6.54 Å². The van der Waals surface area contributed by atoms with Crippen molar-refractivity contribution in [3.63, 3.8) is 0 Å². The van der Waals surface area contributed by atoms with Crippen molar-refractivity contribution in [3.05, 3.63) is 83.6 Å². The number of hydrogen-bond donors (Lipinski definition) is 2. The van der Waals surface area contributed by atoms with E-state index in [0.717, 1.165) is 17.7 Å². The van der Waals surface area contributed by atoms with Gasteiger partial charge in [-0.15, -0.1) is 0 Å². The van der Waals surface area contributed by atoms with Gasteiger partial charge in [-0.2, -0.15) is 0 Å². The standard InChI is InChI=1S/C21H23N3O2S/c1-3-17-8-11-20(12-9-17)27(25,26)24-21-13-10-19(15-23-21)22-14-18-6-4-16(2)5-7-18/h4-13,15,22H,3,14H2,1-2H3,(H,23,24). The first-order valence-corrected chi connectivity index (χ1v) is 10.3. The Morgan fingerprint density at radius 1 is 0.889 bits per heavy atom. The van der Waals surface area contributed by atoms with Crippen molar-refractivity contribution >= 4 is 21.5 Å². The molecule has 0 atom stereocenters. The molecule has 0 aliphatic rings. The van der Waals surface area contributed by atoms with Crippen LogP contribution < -0.4 is 10.0 Å². The van der Waals surface area contributed by atoms with Gasteiger partial charge in [0.2, 0.25) is 0 Å². The average Bonchev–Trinajstić information content (AvgIpc) is 2.68. The Hall–Kier alpha value is -2.86. The van der Waals surface area contributed by atoms with E-state index in [4.69, 9.17) is 0 Å². The number of aryl methyl sites for hydroxylation is 2. The molecule has 27 heavy (non-hydrogen) atoms. The number of nitrogens with one attached hydrogen (secondary N) is 2. The van der Waals surface area contributed by atoms with E-state index in [2.05, 4.69) is 46.2 Å². The average molecular weight is 382 g/mol. The second kappa shape index (κ2) is 8.22. The fourth-order valence-corrected chi connectivity index (χ4v) is 3.58. The monoisotopic (exact) mass is 381 g/mol. The highest BCUT2D eigenvalue weighted by molar-refractivity contribution is 7.92. The predicted octanol–water partition coefficient (Wildman–Crippen LogP) is 4.37. The van der Waals surface area contributed by atoms with Crippen molar-refractivity contribution in [2.75, 3.05) is 10.0 Å². The zero-order chi connectivity index (χ0) is 19.3. The number of nitrogens with zero attached hydrogens (tertiary/aromatic N) is 1. The summed E-state index contributed by atoms with van der Waals surface area (Å²) in [7, 11) is -3.64. The van der Waals surface area contributed by atoms with Crippen molar-refractivity contribution in [2.24, 2.45) is 0 Å². The van der Waals surface area contributed by atoms with Gasteiger partial charge < -0.3 is 5.32 Å². The van der Waals surface area contributed by atoms with Crippen LogP contribution in [-0.4, -0.2) is 13.4 Å². The fraction of sp³-hybridized carbons (Fsp3) is 0.190. The predicted molar refractivity (Wildman–Crippen MR) is 109 cm³/mol. The first-order chi connectivity index (χ1) is 13.0. The van der Waals surface area contributed by atoms with Crippen LogP contribution in [-0.2, 0) is 23.0 Å². The lowest BCUT2D eigenvalue weighted by atomic mass is 10.1. The number of aromatic nitrogens is 1. The number of pyridine rings is 1. The molecule has 3 aromatic rings. The lowest BCUT2D eigenvalue weighted by molar-refractivity contribution is 0.601. The topological polar surface area (TPSA) is 71.1 Å². The Morgan fingerprint density at radius 2 is 1.56 bits per heavy atom. The van der Waals surface area contributed by atoms with E-state index in [9.17, 15) is 8.42 Å². The number of hydrogen-bond acceptors (Lipinski definition) is 4. The maximum absolute atomic E-state index is 12.5. The highest BCUT2D eigenvalue weighted by Gasteiger charge is 2.14. The molecule has 2 aromatic carbocycles. The molecule has 2 N–H and O–H groups in total. The van der Waals surface area contributed by atoms with E-state index in [1.807, 2.05) is 19.1 Å². The van der Waals surface area contributed by atoms with E-state index in [-0.39, 0.29) is 10.7 Å². The first-order valence-electron chi connectivity index (χ1n) is 8.83. The van der Waals surface area contributed by atoms with Gasteiger partial charge in [-0.3, -0.25) is 4.72 Å². The van der Waals surface area contributed by atoms with Crippen LogP contribution in [0, 0.1) is 6.92 Å². The molecule has 0 fully saturated rings. The van der Waals surface area contributed by atoms with E-state index in [1.165, 1.54) is 11.1 Å². The SMILES string of the molecule is CCc1ccc(S(=O)(=O)Nc2ccc(NCc3ccc(C)cc3)cn2)cc1. The van der Waals surface area contributed by atoms with Gasteiger partial charge in [-0.25, -0.2) is 13.4 Å². The summed E-state index contributed by atoms with van der Waals surface area (Å²) in [6.07, 6.45) is 2.48. The van der Waals surface area contributed by atoms with Gasteiger partial charge in [0.15, 0.2) is 0 Å². The fourth-order valence-electron chi connectivity index (χ4n) is 2.57. The molecule has 140 valence electrons. The molecule has 0 aliphatic heterocycles. The third-order valence-electron chi connectivity index (χ3n) is 4.26. The van der Waals surface area contributed by atoms with Gasteiger partial charge in [-0.1, -0.05) is 48.9 Å². The van der Waals surface area contributed by atoms with Crippen LogP contribution in [0.25, 0.3) is 0 Å². The number of rotatable bonds is 7. The molecular formula is C21H23N3O2S. The maximum Gasteiger partial charge on any atom is 0.263 e. The number of anilines is 2. The minimum absolute atomic E-state index is 0.225. The molecule has 0 aliphatic carbocycles. The molecule has 0 bridgehead atoms. The summed E-state index contributed by atoms with van der Waals surface area (Å²) in [5.41, 5.74) is 4.31. The Bertz CT molecular complexity index is 981. The summed E-state index contributed by atoms with van der Waals surface area (Å²) >= 11 is 0. The molecule has 0 amide bonds. The van der Waals surface area contributed by atoms with Crippen molar-refractivity contribution in [2.45, 2.75) is 31.7 Å². The van der Waals surface area contributed by atoms with Gasteiger partial charge in [0.05, 0.1) is 16.8 Å². The summed E-state index contributed by atoms with van der Waals surface area (Å²) in [6, 6.07) is 18.6. The Balaban J connectivity index is 1.63. The van der Waals surface area contributed by atoms with E-state index < -0.39 is 10.0 Å². The molecule has 1 heterocycles. The maximum atomic E-state index is 12.5. The van der Waals surface area contributed by atoms with E-state index in [0.29, 0.717) is 6.54 Å². The van der Waals surface area contributed by atoms with Crippen LogP contribution >= 0.6 is 0 Å². The Morgan fingerprint density at radius 3 is 2.15 bits per heavy atom. The smallest absolute Gasteiger partial charge is 0.263 e. The highest BCUT2D eigenvalue weighted by Crippen LogP contribution is 2.17. The molecule has 3 rings (SSSR count). The summed E-state index contributed by atoms with van der Waals surface area (Å²) < 4.78 is 27.4. The third-order valence-corrected chi connectivity index (χ3v) is 5.63. The van der Waals surface area contributed by atoms with Crippen LogP contribution in [0.4, 0.5) is 11.5 Å². The normalized spacial score (nSPS) is 11.2. The molecule has 6 heteroatoms. The van der Waals surface area contributed by atoms with E-state index in [1.54, 1.807) is 30.5 Å². The number of benzene rings is 2. The summed E-state index contributed by atoms with van der Waals surface area (Å²) in [5, 5.41) is 3.28. The third kappa shape index (κ3) is 5.08. The van der Waals surface area contributed by atoms with Gasteiger partial charge in [0.1, 0.15) is 5.82 Å². The molecule has 0 saturated carbocycles. The second-order valence-electron chi connectivity index (χ2n) is 6.37. The van der Waals surface area contributed by atoms with Gasteiger partial charge in [0.25, 0.3) is 10.0 Å². The minimum Gasteiger partial charge on any atom is -0.380 e. The lowest BCUT2D eigenvalue weighted by Gasteiger charge is -2.10. The molecule has 0 saturated heterocycles. The zero-order valence-corrected chi connectivity index (χ0v) is 16.3. The molecule has 0 unspecified atom stereocenters. The van der Waals surface area contributed by atoms with Gasteiger partial charge >= 0.3 is 0 Å². The van der Waals surface area contributed by atoms with Crippen molar-refractivity contribution < 1.29 is 8.42 Å². The van der Waals surface area contributed by atoms with Crippen LogP contribution in [0.15, 0.2) is 71.8 Å². The second-order valence-corrected chi connectivity index (χ2v) is 8.06. The van der Waals surface area contributed by atoms with Crippen molar-refractivity contribution in [3.8, 4) is 0 Å². The summed E-state index contributed by atoms with van der Waals surface area (Å²) in [6.45, 7) is 4.76. The molecule has 0 radical (unpaired) electrons. The molecule has 1 aromatic heterocycles. The van der Waals surface area contributed by atoms with Crippen LogP contribution in [0.3, 0.4) is 0 Å². The highest BCUT2D eigenvalue weighted by atomic mass is 32.2. The summed E-state index contributed by atoms with van der Waals surface area (Å²) in [5.74, 6) is 0.287. The number of sulfonamides is 1. The molecule has 5 nitrogen and oxygen atoms in total. The van der Waals surface area contributed by atoms with Crippen LogP contribution in [0.5, 0.6) is 0 Å². The zero-order valence-electron chi connectivity index (χ0n) is 15.4. The Labute approximate surface area is 160 Å². The van der Waals surface area contributed by atoms with Crippen LogP contribution in [0.1, 0.15) is 23.6 Å². The quantitative estimate of drug-likeness (QED) is 0.638. The molecular weight excluding hydrogens is 358 g/mol. The molecule has 0 spiro atoms. The first kappa shape index (κ1) is 18.9. The van der Waals surface area contributed by atoms with Crippen LogP contribution in [0.2, 0.25) is 0 Å². The summed E-state index contributed by atoms with van der Waals surface area (Å²) in [4.78, 5) is 4.42. The van der Waals surface area contributed by atoms with Gasteiger partial charge in [-0.05, 0) is 48.7 Å².